The summed E-state index contributed by atoms with van der Waals surface area (Å²) >= 11 is 9.09. The van der Waals surface area contributed by atoms with E-state index in [1.807, 2.05) is 54.6 Å². The Kier molecular flexibility index (Phi) is 5.35. The maximum atomic E-state index is 12.9. The van der Waals surface area contributed by atoms with Gasteiger partial charge in [-0.15, -0.1) is 21.5 Å². The maximum Gasteiger partial charge on any atom is 0.262 e. The molecule has 3 heterocycles. The Morgan fingerprint density at radius 1 is 1.10 bits per heavy atom. The second-order valence-corrected chi connectivity index (χ2v) is 9.10. The molecule has 5 aromatic rings. The summed E-state index contributed by atoms with van der Waals surface area (Å²) in [6.07, 6.45) is 0. The largest absolute Gasteiger partial charge is 0.420 e. The molecule has 0 radical (unpaired) electrons. The number of thiophene rings is 1. The summed E-state index contributed by atoms with van der Waals surface area (Å²) in [7, 11) is 1.72. The van der Waals surface area contributed by atoms with Crippen LogP contribution in [0.5, 0.6) is 0 Å². The Bertz CT molecular complexity index is 1440. The number of rotatable bonds is 5. The van der Waals surface area contributed by atoms with Gasteiger partial charge in [0.05, 0.1) is 21.7 Å². The van der Waals surface area contributed by atoms with E-state index in [1.54, 1.807) is 17.7 Å². The van der Waals surface area contributed by atoms with Gasteiger partial charge in [0.15, 0.2) is 5.16 Å². The average Bonchev–Trinajstić information content (AvgIpc) is 3.44. The minimum absolute atomic E-state index is 0.0757. The van der Waals surface area contributed by atoms with Crippen LogP contribution in [0.15, 0.2) is 75.0 Å². The van der Waals surface area contributed by atoms with Crippen molar-refractivity contribution in [2.75, 3.05) is 0 Å². The Hall–Kier alpha value is -2.94. The number of aromatic nitrogens is 4. The summed E-state index contributed by atoms with van der Waals surface area (Å²) in [6, 6.07) is 19.2. The molecule has 5 rings (SSSR count). The molecule has 0 aliphatic heterocycles. The lowest BCUT2D eigenvalue weighted by Gasteiger charge is -2.05. The van der Waals surface area contributed by atoms with E-state index in [4.69, 9.17) is 21.0 Å². The van der Waals surface area contributed by atoms with Gasteiger partial charge in [-0.1, -0.05) is 65.8 Å². The molecule has 0 bridgehead atoms. The molecule has 0 fully saturated rings. The van der Waals surface area contributed by atoms with Gasteiger partial charge in [0.1, 0.15) is 4.83 Å². The van der Waals surface area contributed by atoms with Crippen LogP contribution in [-0.4, -0.2) is 19.7 Å². The molecule has 0 spiro atoms. The van der Waals surface area contributed by atoms with Crippen LogP contribution in [0.3, 0.4) is 0 Å². The Morgan fingerprint density at radius 3 is 2.68 bits per heavy atom. The van der Waals surface area contributed by atoms with Crippen LogP contribution >= 0.6 is 34.7 Å². The van der Waals surface area contributed by atoms with E-state index in [-0.39, 0.29) is 5.56 Å². The monoisotopic (exact) mass is 466 g/mol. The summed E-state index contributed by atoms with van der Waals surface area (Å²) in [6.45, 7) is 0. The SMILES string of the molecule is Cn1c(SCc2nnc(-c3ccccc3Cl)o2)nc2sc(-c3ccccc3)cc2c1=O. The molecule has 0 amide bonds. The Labute approximate surface area is 190 Å². The lowest BCUT2D eigenvalue weighted by Crippen LogP contribution is -2.19. The van der Waals surface area contributed by atoms with Crippen LogP contribution < -0.4 is 5.56 Å². The summed E-state index contributed by atoms with van der Waals surface area (Å²) in [5.41, 5.74) is 1.68. The summed E-state index contributed by atoms with van der Waals surface area (Å²) in [4.78, 5) is 19.3. The van der Waals surface area contributed by atoms with Crippen LogP contribution in [-0.2, 0) is 12.8 Å². The molecular formula is C22H15ClN4O2S2. The second-order valence-electron chi connectivity index (χ2n) is 6.72. The normalized spacial score (nSPS) is 11.3. The first-order valence-electron chi connectivity index (χ1n) is 9.36. The average molecular weight is 467 g/mol. The molecule has 6 nitrogen and oxygen atoms in total. The number of nitrogens with zero attached hydrogens (tertiary/aromatic N) is 4. The standard InChI is InChI=1S/C22H15ClN4O2S2/c1-27-21(28)15-11-17(13-7-3-2-4-8-13)31-20(15)24-22(27)30-12-18-25-26-19(29-18)14-9-5-6-10-16(14)23/h2-11H,12H2,1H3. The topological polar surface area (TPSA) is 73.8 Å². The molecule has 0 N–H and O–H groups in total. The fraction of sp³-hybridized carbons (Fsp3) is 0.0909. The molecule has 0 unspecified atom stereocenters. The molecule has 9 heteroatoms. The predicted octanol–water partition coefficient (Wildman–Crippen LogP) is 5.66. The lowest BCUT2D eigenvalue weighted by atomic mass is 10.2. The zero-order chi connectivity index (χ0) is 21.4. The van der Waals surface area contributed by atoms with E-state index in [0.29, 0.717) is 43.5 Å². The van der Waals surface area contributed by atoms with Gasteiger partial charge in [-0.25, -0.2) is 4.98 Å². The van der Waals surface area contributed by atoms with Gasteiger partial charge in [0, 0.05) is 11.9 Å². The molecule has 0 atom stereocenters. The number of fused-ring (bicyclic) bond motifs is 1. The van der Waals surface area contributed by atoms with E-state index in [1.165, 1.54) is 23.1 Å². The fourth-order valence-corrected chi connectivity index (χ4v) is 5.21. The summed E-state index contributed by atoms with van der Waals surface area (Å²) in [5.74, 6) is 1.19. The molecular weight excluding hydrogens is 452 g/mol. The van der Waals surface area contributed by atoms with Gasteiger partial charge in [0.25, 0.3) is 5.56 Å². The smallest absolute Gasteiger partial charge is 0.262 e. The highest BCUT2D eigenvalue weighted by molar-refractivity contribution is 7.98. The fourth-order valence-electron chi connectivity index (χ4n) is 3.10. The van der Waals surface area contributed by atoms with E-state index < -0.39 is 0 Å². The second kappa shape index (κ2) is 8.30. The first-order chi connectivity index (χ1) is 15.1. The van der Waals surface area contributed by atoms with Crippen LogP contribution in [0.25, 0.3) is 32.1 Å². The van der Waals surface area contributed by atoms with Gasteiger partial charge in [-0.05, 0) is 23.8 Å². The van der Waals surface area contributed by atoms with Crippen molar-refractivity contribution in [2.45, 2.75) is 10.9 Å². The van der Waals surface area contributed by atoms with Gasteiger partial charge in [0.2, 0.25) is 11.8 Å². The molecule has 2 aromatic carbocycles. The number of halogens is 1. The molecule has 154 valence electrons. The summed E-state index contributed by atoms with van der Waals surface area (Å²) in [5, 5.41) is 9.95. The third-order valence-corrected chi connectivity index (χ3v) is 7.11. The number of benzene rings is 2. The molecule has 0 aliphatic carbocycles. The van der Waals surface area contributed by atoms with Crippen molar-refractivity contribution in [3.63, 3.8) is 0 Å². The van der Waals surface area contributed by atoms with Crippen LogP contribution in [0.1, 0.15) is 5.89 Å². The zero-order valence-electron chi connectivity index (χ0n) is 16.3. The highest BCUT2D eigenvalue weighted by Gasteiger charge is 2.16. The van der Waals surface area contributed by atoms with Crippen LogP contribution in [0.4, 0.5) is 0 Å². The maximum absolute atomic E-state index is 12.9. The van der Waals surface area contributed by atoms with Crippen molar-refractivity contribution in [2.24, 2.45) is 7.05 Å². The highest BCUT2D eigenvalue weighted by Crippen LogP contribution is 2.33. The van der Waals surface area contributed by atoms with Gasteiger partial charge < -0.3 is 4.42 Å². The number of hydrogen-bond donors (Lipinski definition) is 0. The predicted molar refractivity (Wildman–Crippen MR) is 125 cm³/mol. The quantitative estimate of drug-likeness (QED) is 0.246. The Balaban J connectivity index is 1.42. The van der Waals surface area contributed by atoms with Crippen molar-refractivity contribution in [1.29, 1.82) is 0 Å². The lowest BCUT2D eigenvalue weighted by molar-refractivity contribution is 0.528. The van der Waals surface area contributed by atoms with Gasteiger partial charge in [-0.2, -0.15) is 0 Å². The van der Waals surface area contributed by atoms with Gasteiger partial charge >= 0.3 is 0 Å². The molecule has 0 saturated heterocycles. The summed E-state index contributed by atoms with van der Waals surface area (Å²) < 4.78 is 7.31. The third kappa shape index (κ3) is 3.89. The highest BCUT2D eigenvalue weighted by atomic mass is 35.5. The first-order valence-corrected chi connectivity index (χ1v) is 11.5. The molecule has 31 heavy (non-hydrogen) atoms. The van der Waals surface area contributed by atoms with Crippen LogP contribution in [0.2, 0.25) is 5.02 Å². The van der Waals surface area contributed by atoms with E-state index in [9.17, 15) is 4.79 Å². The van der Waals surface area contributed by atoms with E-state index in [0.717, 1.165) is 10.4 Å². The van der Waals surface area contributed by atoms with Crippen molar-refractivity contribution >= 4 is 44.9 Å². The minimum Gasteiger partial charge on any atom is -0.420 e. The third-order valence-electron chi connectivity index (χ3n) is 4.69. The van der Waals surface area contributed by atoms with Crippen molar-refractivity contribution in [3.05, 3.63) is 81.9 Å². The van der Waals surface area contributed by atoms with E-state index in [2.05, 4.69) is 10.2 Å². The minimum atomic E-state index is -0.0757. The van der Waals surface area contributed by atoms with Crippen LogP contribution in [0, 0.1) is 0 Å². The van der Waals surface area contributed by atoms with Gasteiger partial charge in [-0.3, -0.25) is 9.36 Å². The van der Waals surface area contributed by atoms with Crippen molar-refractivity contribution in [3.8, 4) is 21.9 Å². The molecule has 0 aliphatic rings. The zero-order valence-corrected chi connectivity index (χ0v) is 18.7. The van der Waals surface area contributed by atoms with Crippen molar-refractivity contribution in [1.82, 2.24) is 19.7 Å². The van der Waals surface area contributed by atoms with E-state index >= 15 is 0 Å². The number of hydrogen-bond acceptors (Lipinski definition) is 7. The first kappa shape index (κ1) is 20.0. The van der Waals surface area contributed by atoms with Crippen molar-refractivity contribution < 1.29 is 4.42 Å². The molecule has 3 aromatic heterocycles. The molecule has 0 saturated carbocycles. The Morgan fingerprint density at radius 2 is 1.87 bits per heavy atom. The number of thioether (sulfide) groups is 1.